The molecule has 0 aliphatic heterocycles. The Labute approximate surface area is 151 Å². The molecule has 25 heavy (non-hydrogen) atoms. The Morgan fingerprint density at radius 3 is 2.72 bits per heavy atom. The monoisotopic (exact) mass is 343 g/mol. The number of rotatable bonds is 2. The van der Waals surface area contributed by atoms with Crippen molar-refractivity contribution in [3.8, 4) is 0 Å². The van der Waals surface area contributed by atoms with Crippen LogP contribution in [0.25, 0.3) is 0 Å². The van der Waals surface area contributed by atoms with Gasteiger partial charge >= 0.3 is 0 Å². The van der Waals surface area contributed by atoms with Crippen LogP contribution in [0.15, 0.2) is 16.8 Å². The molecule has 4 aliphatic rings. The molecule has 0 aromatic heterocycles. The summed E-state index contributed by atoms with van der Waals surface area (Å²) in [6, 6.07) is 0. The maximum Gasteiger partial charge on any atom is 0.155 e. The van der Waals surface area contributed by atoms with Gasteiger partial charge in [-0.1, -0.05) is 26.3 Å². The molecule has 0 radical (unpaired) electrons. The third kappa shape index (κ3) is 2.44. The van der Waals surface area contributed by atoms with E-state index in [9.17, 15) is 4.79 Å². The van der Waals surface area contributed by atoms with Gasteiger partial charge in [0.15, 0.2) is 5.78 Å². The van der Waals surface area contributed by atoms with Gasteiger partial charge < -0.3 is 5.21 Å². The fraction of sp³-hybridized carbons (Fsp3) is 0.818. The third-order valence-electron chi connectivity index (χ3n) is 8.97. The lowest BCUT2D eigenvalue weighted by Gasteiger charge is -2.58. The average molecular weight is 344 g/mol. The van der Waals surface area contributed by atoms with Crippen LogP contribution in [0.2, 0.25) is 0 Å². The fourth-order valence-corrected chi connectivity index (χ4v) is 7.67. The highest BCUT2D eigenvalue weighted by molar-refractivity contribution is 5.91. The first-order valence-corrected chi connectivity index (χ1v) is 10.3. The minimum absolute atomic E-state index is 0.272. The van der Waals surface area contributed by atoms with Gasteiger partial charge in [-0.05, 0) is 91.4 Å². The second-order valence-electron chi connectivity index (χ2n) is 9.82. The van der Waals surface area contributed by atoms with E-state index in [0.29, 0.717) is 23.0 Å². The van der Waals surface area contributed by atoms with E-state index >= 15 is 0 Å². The number of nitrogens with zero attached hydrogens (tertiary/aromatic N) is 1. The molecule has 4 rings (SSSR count). The summed E-state index contributed by atoms with van der Waals surface area (Å²) in [6.45, 7) is 7.20. The molecule has 3 nitrogen and oxygen atoms in total. The summed E-state index contributed by atoms with van der Waals surface area (Å²) in [5.74, 6) is 3.74. The van der Waals surface area contributed by atoms with Crippen LogP contribution in [0.1, 0.15) is 72.1 Å². The molecule has 3 fully saturated rings. The first-order chi connectivity index (χ1) is 11.9. The first-order valence-electron chi connectivity index (χ1n) is 10.3. The number of ketones is 1. The molecule has 4 aliphatic carbocycles. The van der Waals surface area contributed by atoms with Gasteiger partial charge in [0.05, 0.1) is 0 Å². The highest BCUT2D eigenvalue weighted by atomic mass is 16.4. The van der Waals surface area contributed by atoms with E-state index in [0.717, 1.165) is 37.0 Å². The van der Waals surface area contributed by atoms with E-state index < -0.39 is 0 Å². The van der Waals surface area contributed by atoms with Crippen LogP contribution >= 0.6 is 0 Å². The van der Waals surface area contributed by atoms with E-state index in [1.54, 1.807) is 6.21 Å². The molecule has 0 heterocycles. The standard InChI is InChI=1S/C22H33NO2/c1-14(13-23-25)18-6-7-19-17-5-4-15-12-16(24)8-10-21(15,2)20(17)9-11-22(18,19)3/h12-14,17-20,25H,4-11H2,1-3H3/t14-,17+,18-,19+,20+,21+,22-/m1/s1. The smallest absolute Gasteiger partial charge is 0.155 e. The fourth-order valence-electron chi connectivity index (χ4n) is 7.67. The Bertz CT molecular complexity index is 624. The quantitative estimate of drug-likeness (QED) is 0.424. The van der Waals surface area contributed by atoms with Crippen molar-refractivity contribution in [3.63, 3.8) is 0 Å². The summed E-state index contributed by atoms with van der Waals surface area (Å²) < 4.78 is 0. The third-order valence-corrected chi connectivity index (χ3v) is 8.97. The molecule has 1 N–H and O–H groups in total. The van der Waals surface area contributed by atoms with Gasteiger partial charge in [-0.3, -0.25) is 4.79 Å². The maximum atomic E-state index is 11.9. The Balaban J connectivity index is 1.62. The largest absolute Gasteiger partial charge is 0.411 e. The Morgan fingerprint density at radius 1 is 1.16 bits per heavy atom. The summed E-state index contributed by atoms with van der Waals surface area (Å²) in [5, 5.41) is 12.3. The lowest BCUT2D eigenvalue weighted by Crippen LogP contribution is -2.51. The lowest BCUT2D eigenvalue weighted by molar-refractivity contribution is -0.117. The van der Waals surface area contributed by atoms with Gasteiger partial charge in [0, 0.05) is 12.6 Å². The van der Waals surface area contributed by atoms with Crippen molar-refractivity contribution in [2.24, 2.45) is 45.6 Å². The van der Waals surface area contributed by atoms with Crippen molar-refractivity contribution in [2.45, 2.75) is 72.1 Å². The predicted molar refractivity (Wildman–Crippen MR) is 99.6 cm³/mol. The molecule has 0 unspecified atom stereocenters. The number of fused-ring (bicyclic) bond motifs is 5. The van der Waals surface area contributed by atoms with Crippen LogP contribution < -0.4 is 0 Å². The zero-order chi connectivity index (χ0) is 17.8. The summed E-state index contributed by atoms with van der Waals surface area (Å²) in [4.78, 5) is 11.9. The molecule has 0 aromatic carbocycles. The van der Waals surface area contributed by atoms with Crippen molar-refractivity contribution in [1.29, 1.82) is 0 Å². The number of carbonyl (C=O) groups excluding carboxylic acids is 1. The van der Waals surface area contributed by atoms with Crippen molar-refractivity contribution in [2.75, 3.05) is 0 Å². The molecule has 3 heteroatoms. The molecule has 3 saturated carbocycles. The van der Waals surface area contributed by atoms with Crippen LogP contribution in [-0.2, 0) is 4.79 Å². The molecule has 0 amide bonds. The first kappa shape index (κ1) is 17.3. The number of oxime groups is 1. The van der Waals surface area contributed by atoms with Crippen LogP contribution in [0.3, 0.4) is 0 Å². The normalized spacial score (nSPS) is 47.8. The van der Waals surface area contributed by atoms with Crippen LogP contribution in [-0.4, -0.2) is 17.2 Å². The van der Waals surface area contributed by atoms with Gasteiger partial charge in [0.25, 0.3) is 0 Å². The van der Waals surface area contributed by atoms with Gasteiger partial charge in [-0.2, -0.15) is 0 Å². The molecular weight excluding hydrogens is 310 g/mol. The van der Waals surface area contributed by atoms with Crippen molar-refractivity contribution < 1.29 is 10.0 Å². The van der Waals surface area contributed by atoms with E-state index in [-0.39, 0.29) is 5.41 Å². The predicted octanol–water partition coefficient (Wildman–Crippen LogP) is 5.23. The lowest BCUT2D eigenvalue weighted by atomic mass is 9.46. The second kappa shape index (κ2) is 5.96. The Morgan fingerprint density at radius 2 is 1.96 bits per heavy atom. The van der Waals surface area contributed by atoms with Gasteiger partial charge in [0.1, 0.15) is 0 Å². The molecule has 0 aromatic rings. The SMILES string of the molecule is C[C@H](C=NO)[C@H]1CC[C@H]2[C@@H]3CCC4=CC(=O)CC[C@]4(C)[C@H]3CC[C@]12C. The zero-order valence-electron chi connectivity index (χ0n) is 16.0. The molecular formula is C22H33NO2. The molecule has 7 atom stereocenters. The minimum Gasteiger partial charge on any atom is -0.411 e. The summed E-state index contributed by atoms with van der Waals surface area (Å²) in [6.07, 6.45) is 13.2. The topological polar surface area (TPSA) is 49.7 Å². The molecule has 0 bridgehead atoms. The summed E-state index contributed by atoms with van der Waals surface area (Å²) in [5.41, 5.74) is 2.13. The van der Waals surface area contributed by atoms with Gasteiger partial charge in [0.2, 0.25) is 0 Å². The van der Waals surface area contributed by atoms with Crippen molar-refractivity contribution >= 4 is 12.0 Å². The van der Waals surface area contributed by atoms with Gasteiger partial charge in [-0.15, -0.1) is 5.16 Å². The maximum absolute atomic E-state index is 11.9. The van der Waals surface area contributed by atoms with Gasteiger partial charge in [-0.25, -0.2) is 0 Å². The van der Waals surface area contributed by atoms with Crippen molar-refractivity contribution in [3.05, 3.63) is 11.6 Å². The second-order valence-corrected chi connectivity index (χ2v) is 9.82. The van der Waals surface area contributed by atoms with Crippen molar-refractivity contribution in [1.82, 2.24) is 0 Å². The highest BCUT2D eigenvalue weighted by Crippen LogP contribution is 2.67. The van der Waals surface area contributed by atoms with E-state index in [1.165, 1.54) is 37.7 Å². The van der Waals surface area contributed by atoms with Crippen LogP contribution in [0, 0.1) is 40.4 Å². The molecule has 138 valence electrons. The van der Waals surface area contributed by atoms with E-state index in [1.807, 2.05) is 6.08 Å². The zero-order valence-corrected chi connectivity index (χ0v) is 16.0. The van der Waals surface area contributed by atoms with E-state index in [4.69, 9.17) is 5.21 Å². The van der Waals surface area contributed by atoms with Crippen LogP contribution in [0.5, 0.6) is 0 Å². The minimum atomic E-state index is 0.272. The molecule has 0 spiro atoms. The van der Waals surface area contributed by atoms with Crippen LogP contribution in [0.4, 0.5) is 0 Å². The summed E-state index contributed by atoms with van der Waals surface area (Å²) >= 11 is 0. The average Bonchev–Trinajstić information content (AvgIpc) is 2.93. The number of allylic oxidation sites excluding steroid dienone is 1. The Kier molecular flexibility index (Phi) is 4.12. The number of hydrogen-bond acceptors (Lipinski definition) is 3. The number of hydrogen-bond donors (Lipinski definition) is 1. The van der Waals surface area contributed by atoms with E-state index in [2.05, 4.69) is 25.9 Å². The highest BCUT2D eigenvalue weighted by Gasteiger charge is 2.59. The number of carbonyl (C=O) groups is 1. The molecule has 0 saturated heterocycles. The summed E-state index contributed by atoms with van der Waals surface area (Å²) in [7, 11) is 0. The Hall–Kier alpha value is -1.12.